The molecule has 4 nitrogen and oxygen atoms in total. The van der Waals surface area contributed by atoms with Crippen LogP contribution in [0.3, 0.4) is 0 Å². The summed E-state index contributed by atoms with van der Waals surface area (Å²) in [7, 11) is 0. The molecule has 0 radical (unpaired) electrons. The SMILES string of the molecule is Cc1ccsc1-c1nnc2ccc(Cl)nn12. The van der Waals surface area contributed by atoms with Crippen molar-refractivity contribution in [3.8, 4) is 10.7 Å². The molecule has 0 aliphatic carbocycles. The summed E-state index contributed by atoms with van der Waals surface area (Å²) in [6, 6.07) is 5.55. The number of nitrogens with zero attached hydrogens (tertiary/aromatic N) is 4. The van der Waals surface area contributed by atoms with E-state index < -0.39 is 0 Å². The Kier molecular flexibility index (Phi) is 2.15. The molecule has 80 valence electrons. The van der Waals surface area contributed by atoms with Crippen LogP contribution in [-0.2, 0) is 0 Å². The highest BCUT2D eigenvalue weighted by Gasteiger charge is 2.12. The molecular formula is C10H7ClN4S. The van der Waals surface area contributed by atoms with Crippen molar-refractivity contribution in [2.45, 2.75) is 6.92 Å². The minimum absolute atomic E-state index is 0.433. The van der Waals surface area contributed by atoms with Crippen molar-refractivity contribution in [1.29, 1.82) is 0 Å². The van der Waals surface area contributed by atoms with Crippen molar-refractivity contribution in [3.05, 3.63) is 34.3 Å². The average Bonchev–Trinajstić information content (AvgIpc) is 2.83. The first kappa shape index (κ1) is 9.74. The van der Waals surface area contributed by atoms with Crippen molar-refractivity contribution in [2.75, 3.05) is 0 Å². The smallest absolute Gasteiger partial charge is 0.190 e. The van der Waals surface area contributed by atoms with Crippen LogP contribution in [0, 0.1) is 6.92 Å². The molecule has 0 amide bonds. The Morgan fingerprint density at radius 2 is 2.12 bits per heavy atom. The zero-order valence-corrected chi connectivity index (χ0v) is 9.96. The third kappa shape index (κ3) is 1.40. The van der Waals surface area contributed by atoms with Crippen molar-refractivity contribution in [2.24, 2.45) is 0 Å². The molecule has 3 rings (SSSR count). The van der Waals surface area contributed by atoms with E-state index in [2.05, 4.69) is 15.3 Å². The lowest BCUT2D eigenvalue weighted by Crippen LogP contribution is -1.94. The molecule has 0 atom stereocenters. The van der Waals surface area contributed by atoms with E-state index in [9.17, 15) is 0 Å². The number of fused-ring (bicyclic) bond motifs is 1. The zero-order chi connectivity index (χ0) is 11.1. The van der Waals surface area contributed by atoms with Crippen LogP contribution in [-0.4, -0.2) is 19.8 Å². The number of rotatable bonds is 1. The Morgan fingerprint density at radius 1 is 1.25 bits per heavy atom. The summed E-state index contributed by atoms with van der Waals surface area (Å²) in [6.07, 6.45) is 0. The van der Waals surface area contributed by atoms with Crippen molar-refractivity contribution >= 4 is 28.6 Å². The van der Waals surface area contributed by atoms with Gasteiger partial charge in [0.15, 0.2) is 11.5 Å². The normalized spacial score (nSPS) is 11.1. The first-order chi connectivity index (χ1) is 7.75. The lowest BCUT2D eigenvalue weighted by molar-refractivity contribution is 0.938. The predicted octanol–water partition coefficient (Wildman–Crippen LogP) is 2.81. The minimum Gasteiger partial charge on any atom is -0.190 e. The van der Waals surface area contributed by atoms with Crippen LogP contribution in [0.2, 0.25) is 5.15 Å². The summed E-state index contributed by atoms with van der Waals surface area (Å²) in [5, 5.41) is 14.9. The molecule has 6 heteroatoms. The molecule has 0 aromatic carbocycles. The van der Waals surface area contributed by atoms with Crippen LogP contribution < -0.4 is 0 Å². The van der Waals surface area contributed by atoms with Gasteiger partial charge in [-0.3, -0.25) is 0 Å². The largest absolute Gasteiger partial charge is 0.195 e. The van der Waals surface area contributed by atoms with Crippen LogP contribution in [0.15, 0.2) is 23.6 Å². The molecule has 3 heterocycles. The summed E-state index contributed by atoms with van der Waals surface area (Å²) >= 11 is 7.49. The number of hydrogen-bond donors (Lipinski definition) is 0. The van der Waals surface area contributed by atoms with Gasteiger partial charge in [-0.05, 0) is 36.1 Å². The fourth-order valence-corrected chi connectivity index (χ4v) is 2.54. The molecule has 0 aliphatic heterocycles. The lowest BCUT2D eigenvalue weighted by atomic mass is 10.3. The van der Waals surface area contributed by atoms with Gasteiger partial charge < -0.3 is 0 Å². The van der Waals surface area contributed by atoms with Crippen LogP contribution in [0.25, 0.3) is 16.3 Å². The van der Waals surface area contributed by atoms with E-state index in [0.29, 0.717) is 10.8 Å². The second-order valence-corrected chi connectivity index (χ2v) is 4.69. The Bertz CT molecular complexity index is 658. The molecule has 0 bridgehead atoms. The molecule has 0 fully saturated rings. The molecule has 0 unspecified atom stereocenters. The lowest BCUT2D eigenvalue weighted by Gasteiger charge is -1.97. The van der Waals surface area contributed by atoms with Crippen molar-refractivity contribution in [3.63, 3.8) is 0 Å². The van der Waals surface area contributed by atoms with Crippen LogP contribution >= 0.6 is 22.9 Å². The predicted molar refractivity (Wildman–Crippen MR) is 63.8 cm³/mol. The van der Waals surface area contributed by atoms with Crippen LogP contribution in [0.5, 0.6) is 0 Å². The number of halogens is 1. The van der Waals surface area contributed by atoms with Crippen molar-refractivity contribution < 1.29 is 0 Å². The monoisotopic (exact) mass is 250 g/mol. The maximum atomic E-state index is 5.86. The topological polar surface area (TPSA) is 43.1 Å². The fourth-order valence-electron chi connectivity index (χ4n) is 1.51. The minimum atomic E-state index is 0.433. The Labute approximate surface area is 101 Å². The average molecular weight is 251 g/mol. The first-order valence-electron chi connectivity index (χ1n) is 4.68. The van der Waals surface area contributed by atoms with Crippen LogP contribution in [0.4, 0.5) is 0 Å². The van der Waals surface area contributed by atoms with Crippen molar-refractivity contribution in [1.82, 2.24) is 19.8 Å². The third-order valence-electron chi connectivity index (χ3n) is 2.30. The summed E-state index contributed by atoms with van der Waals surface area (Å²) in [4.78, 5) is 1.07. The molecule has 16 heavy (non-hydrogen) atoms. The Hall–Kier alpha value is -1.46. The van der Waals surface area contributed by atoms with E-state index in [4.69, 9.17) is 11.6 Å². The Morgan fingerprint density at radius 3 is 2.88 bits per heavy atom. The van der Waals surface area contributed by atoms with Gasteiger partial charge in [-0.25, -0.2) is 0 Å². The van der Waals surface area contributed by atoms with Gasteiger partial charge in [-0.15, -0.1) is 21.5 Å². The molecule has 0 saturated carbocycles. The third-order valence-corrected chi connectivity index (χ3v) is 3.51. The number of hydrogen-bond acceptors (Lipinski definition) is 4. The molecule has 0 N–H and O–H groups in total. The fraction of sp³-hybridized carbons (Fsp3) is 0.100. The van der Waals surface area contributed by atoms with Gasteiger partial charge in [0.1, 0.15) is 5.15 Å². The van der Waals surface area contributed by atoms with Gasteiger partial charge in [0.2, 0.25) is 0 Å². The zero-order valence-electron chi connectivity index (χ0n) is 8.38. The van der Waals surface area contributed by atoms with E-state index in [0.717, 1.165) is 10.7 Å². The van der Waals surface area contributed by atoms with Gasteiger partial charge in [-0.1, -0.05) is 11.6 Å². The maximum absolute atomic E-state index is 5.86. The highest BCUT2D eigenvalue weighted by atomic mass is 35.5. The quantitative estimate of drug-likeness (QED) is 0.667. The summed E-state index contributed by atoms with van der Waals surface area (Å²) in [6.45, 7) is 2.04. The van der Waals surface area contributed by atoms with E-state index in [1.165, 1.54) is 5.56 Å². The summed E-state index contributed by atoms with van der Waals surface area (Å²) < 4.78 is 1.67. The number of thiophene rings is 1. The highest BCUT2D eigenvalue weighted by Crippen LogP contribution is 2.27. The second-order valence-electron chi connectivity index (χ2n) is 3.38. The molecule has 3 aromatic rings. The van der Waals surface area contributed by atoms with E-state index in [1.54, 1.807) is 28.0 Å². The van der Waals surface area contributed by atoms with E-state index in [1.807, 2.05) is 18.4 Å². The maximum Gasteiger partial charge on any atom is 0.195 e. The number of aromatic nitrogens is 4. The van der Waals surface area contributed by atoms with Gasteiger partial charge in [0, 0.05) is 0 Å². The van der Waals surface area contributed by atoms with Gasteiger partial charge in [-0.2, -0.15) is 9.61 Å². The number of aryl methyl sites for hydroxylation is 1. The highest BCUT2D eigenvalue weighted by molar-refractivity contribution is 7.13. The Balaban J connectivity index is 2.32. The molecule has 0 spiro atoms. The summed E-state index contributed by atoms with van der Waals surface area (Å²) in [5.41, 5.74) is 1.87. The second kappa shape index (κ2) is 3.54. The van der Waals surface area contributed by atoms with Gasteiger partial charge in [0.05, 0.1) is 4.88 Å². The molecule has 0 saturated heterocycles. The first-order valence-corrected chi connectivity index (χ1v) is 5.94. The van der Waals surface area contributed by atoms with E-state index >= 15 is 0 Å². The van der Waals surface area contributed by atoms with Gasteiger partial charge in [0.25, 0.3) is 0 Å². The molecular weight excluding hydrogens is 244 g/mol. The standard InChI is InChI=1S/C10H7ClN4S/c1-6-4-5-16-9(6)10-13-12-8-3-2-7(11)14-15(8)10/h2-5H,1H3. The van der Waals surface area contributed by atoms with Gasteiger partial charge >= 0.3 is 0 Å². The molecule has 3 aromatic heterocycles. The van der Waals surface area contributed by atoms with E-state index in [-0.39, 0.29) is 0 Å². The summed E-state index contributed by atoms with van der Waals surface area (Å²) in [5.74, 6) is 0.741. The van der Waals surface area contributed by atoms with Crippen LogP contribution in [0.1, 0.15) is 5.56 Å². The molecule has 0 aliphatic rings.